The SMILES string of the molecule is CCC(O)C(N)=O. The van der Waals surface area contributed by atoms with Gasteiger partial charge in [0, 0.05) is 0 Å². The van der Waals surface area contributed by atoms with Gasteiger partial charge in [0.1, 0.15) is 6.10 Å². The topological polar surface area (TPSA) is 63.3 Å². The van der Waals surface area contributed by atoms with Crippen molar-refractivity contribution in [2.45, 2.75) is 19.4 Å². The molecule has 0 radical (unpaired) electrons. The first-order chi connectivity index (χ1) is 3.18. The summed E-state index contributed by atoms with van der Waals surface area (Å²) in [6.07, 6.45) is -0.560. The average molecular weight is 103 g/mol. The van der Waals surface area contributed by atoms with Gasteiger partial charge in [-0.05, 0) is 6.42 Å². The van der Waals surface area contributed by atoms with Crippen molar-refractivity contribution in [3.8, 4) is 0 Å². The van der Waals surface area contributed by atoms with Crippen LogP contribution in [0.1, 0.15) is 13.3 Å². The monoisotopic (exact) mass is 103 g/mol. The van der Waals surface area contributed by atoms with Gasteiger partial charge in [0.25, 0.3) is 0 Å². The van der Waals surface area contributed by atoms with Crippen LogP contribution in [0.4, 0.5) is 0 Å². The van der Waals surface area contributed by atoms with Gasteiger partial charge >= 0.3 is 0 Å². The number of aliphatic hydroxyl groups is 1. The fraction of sp³-hybridized carbons (Fsp3) is 0.750. The molecule has 0 fully saturated rings. The second-order valence-electron chi connectivity index (χ2n) is 1.33. The lowest BCUT2D eigenvalue weighted by Crippen LogP contribution is -2.26. The summed E-state index contributed by atoms with van der Waals surface area (Å²) in [5.41, 5.74) is 4.66. The second-order valence-corrected chi connectivity index (χ2v) is 1.33. The normalized spacial score (nSPS) is 13.4. The highest BCUT2D eigenvalue weighted by Gasteiger charge is 2.04. The summed E-state index contributed by atoms with van der Waals surface area (Å²) in [6.45, 7) is 1.69. The highest BCUT2D eigenvalue weighted by atomic mass is 16.3. The number of hydrogen-bond donors (Lipinski definition) is 2. The van der Waals surface area contributed by atoms with E-state index in [0.717, 1.165) is 0 Å². The molecule has 0 bridgehead atoms. The Kier molecular flexibility index (Phi) is 2.37. The summed E-state index contributed by atoms with van der Waals surface area (Å²) < 4.78 is 0. The van der Waals surface area contributed by atoms with Crippen molar-refractivity contribution in [3.63, 3.8) is 0 Å². The third-order valence-electron chi connectivity index (χ3n) is 0.715. The number of rotatable bonds is 2. The summed E-state index contributed by atoms with van der Waals surface area (Å²) in [4.78, 5) is 9.90. The highest BCUT2D eigenvalue weighted by Crippen LogP contribution is 1.84. The van der Waals surface area contributed by atoms with Crippen molar-refractivity contribution >= 4 is 5.91 Å². The van der Waals surface area contributed by atoms with Crippen molar-refractivity contribution in [2.75, 3.05) is 0 Å². The predicted octanol–water partition coefficient (Wildman–Crippen LogP) is -0.757. The third kappa shape index (κ3) is 2.17. The van der Waals surface area contributed by atoms with Gasteiger partial charge in [0.05, 0.1) is 0 Å². The van der Waals surface area contributed by atoms with Crippen LogP contribution in [-0.4, -0.2) is 17.1 Å². The summed E-state index contributed by atoms with van der Waals surface area (Å²) in [5.74, 6) is -0.650. The van der Waals surface area contributed by atoms with Crippen LogP contribution in [0.5, 0.6) is 0 Å². The van der Waals surface area contributed by atoms with Crippen LogP contribution in [0.2, 0.25) is 0 Å². The Balaban J connectivity index is 3.34. The Bertz CT molecular complexity index is 72.1. The molecule has 3 N–H and O–H groups in total. The second kappa shape index (κ2) is 2.58. The van der Waals surface area contributed by atoms with E-state index in [9.17, 15) is 4.79 Å². The predicted molar refractivity (Wildman–Crippen MR) is 25.5 cm³/mol. The fourth-order valence-corrected chi connectivity index (χ4v) is 0.201. The van der Waals surface area contributed by atoms with E-state index < -0.39 is 12.0 Å². The molecule has 1 amide bonds. The lowest BCUT2D eigenvalue weighted by atomic mass is 10.3. The van der Waals surface area contributed by atoms with Gasteiger partial charge in [-0.15, -0.1) is 0 Å². The van der Waals surface area contributed by atoms with E-state index in [2.05, 4.69) is 5.73 Å². The van der Waals surface area contributed by atoms with Crippen molar-refractivity contribution in [1.29, 1.82) is 0 Å². The molecule has 0 aromatic carbocycles. The van der Waals surface area contributed by atoms with Gasteiger partial charge in [-0.1, -0.05) is 6.92 Å². The fourth-order valence-electron chi connectivity index (χ4n) is 0.201. The van der Waals surface area contributed by atoms with Crippen molar-refractivity contribution < 1.29 is 9.90 Å². The quantitative estimate of drug-likeness (QED) is 0.482. The van der Waals surface area contributed by atoms with Gasteiger partial charge in [0.2, 0.25) is 5.91 Å². The molecule has 0 aliphatic carbocycles. The minimum atomic E-state index is -0.958. The number of amides is 1. The Morgan fingerprint density at radius 1 is 2.00 bits per heavy atom. The summed E-state index contributed by atoms with van der Waals surface area (Å²) in [6, 6.07) is 0. The molecular formula is C4H9NO2. The summed E-state index contributed by atoms with van der Waals surface area (Å²) >= 11 is 0. The van der Waals surface area contributed by atoms with E-state index in [1.54, 1.807) is 6.92 Å². The van der Waals surface area contributed by atoms with E-state index in [-0.39, 0.29) is 0 Å². The van der Waals surface area contributed by atoms with Crippen LogP contribution in [0, 0.1) is 0 Å². The first kappa shape index (κ1) is 6.43. The van der Waals surface area contributed by atoms with E-state index >= 15 is 0 Å². The maximum Gasteiger partial charge on any atom is 0.246 e. The van der Waals surface area contributed by atoms with Gasteiger partial charge < -0.3 is 10.8 Å². The van der Waals surface area contributed by atoms with Crippen LogP contribution < -0.4 is 5.73 Å². The molecule has 0 saturated heterocycles. The maximum absolute atomic E-state index is 9.90. The Morgan fingerprint density at radius 3 is 2.43 bits per heavy atom. The number of carbonyl (C=O) groups excluding carboxylic acids is 1. The van der Waals surface area contributed by atoms with Crippen molar-refractivity contribution in [1.82, 2.24) is 0 Å². The first-order valence-corrected chi connectivity index (χ1v) is 2.16. The number of carbonyl (C=O) groups is 1. The first-order valence-electron chi connectivity index (χ1n) is 2.16. The molecule has 0 aromatic rings. The molecule has 3 nitrogen and oxygen atoms in total. The smallest absolute Gasteiger partial charge is 0.246 e. The Morgan fingerprint density at radius 2 is 2.43 bits per heavy atom. The van der Waals surface area contributed by atoms with E-state index in [0.29, 0.717) is 6.42 Å². The van der Waals surface area contributed by atoms with Crippen LogP contribution in [0.25, 0.3) is 0 Å². The van der Waals surface area contributed by atoms with Crippen LogP contribution >= 0.6 is 0 Å². The van der Waals surface area contributed by atoms with Crippen LogP contribution in [0.3, 0.4) is 0 Å². The molecular weight excluding hydrogens is 94.0 g/mol. The van der Waals surface area contributed by atoms with Gasteiger partial charge in [-0.2, -0.15) is 0 Å². The van der Waals surface area contributed by atoms with Crippen molar-refractivity contribution in [3.05, 3.63) is 0 Å². The van der Waals surface area contributed by atoms with Crippen molar-refractivity contribution in [2.24, 2.45) is 5.73 Å². The lowest BCUT2D eigenvalue weighted by molar-refractivity contribution is -0.126. The minimum absolute atomic E-state index is 0.398. The number of aliphatic hydroxyl groups excluding tert-OH is 1. The van der Waals surface area contributed by atoms with Crippen LogP contribution in [0.15, 0.2) is 0 Å². The number of nitrogens with two attached hydrogens (primary N) is 1. The van der Waals surface area contributed by atoms with E-state index in [4.69, 9.17) is 5.11 Å². The molecule has 1 unspecified atom stereocenters. The molecule has 0 heterocycles. The molecule has 0 spiro atoms. The highest BCUT2D eigenvalue weighted by molar-refractivity contribution is 5.78. The number of hydrogen-bond acceptors (Lipinski definition) is 2. The minimum Gasteiger partial charge on any atom is -0.383 e. The zero-order chi connectivity index (χ0) is 5.86. The number of primary amides is 1. The lowest BCUT2D eigenvalue weighted by Gasteiger charge is -1.97. The standard InChI is InChI=1S/C4H9NO2/c1-2-3(6)4(5)7/h3,6H,2H2,1H3,(H2,5,7). The zero-order valence-corrected chi connectivity index (χ0v) is 4.22. The molecule has 0 rings (SSSR count). The molecule has 0 aromatic heterocycles. The van der Waals surface area contributed by atoms with Crippen LogP contribution in [-0.2, 0) is 4.79 Å². The Labute approximate surface area is 42.1 Å². The molecule has 42 valence electrons. The molecule has 7 heavy (non-hydrogen) atoms. The summed E-state index contributed by atoms with van der Waals surface area (Å²) in [7, 11) is 0. The van der Waals surface area contributed by atoms with Gasteiger partial charge in [-0.3, -0.25) is 4.79 Å². The molecule has 3 heteroatoms. The molecule has 0 aliphatic rings. The largest absolute Gasteiger partial charge is 0.383 e. The zero-order valence-electron chi connectivity index (χ0n) is 4.22. The Hall–Kier alpha value is -0.570. The summed E-state index contributed by atoms with van der Waals surface area (Å²) in [5, 5.41) is 8.46. The average Bonchev–Trinajstić information content (AvgIpc) is 1.65. The molecule has 0 aliphatic heterocycles. The maximum atomic E-state index is 9.90. The third-order valence-corrected chi connectivity index (χ3v) is 0.715. The van der Waals surface area contributed by atoms with E-state index in [1.165, 1.54) is 0 Å². The van der Waals surface area contributed by atoms with Gasteiger partial charge in [0.15, 0.2) is 0 Å². The molecule has 0 saturated carbocycles. The molecule has 1 atom stereocenters. The van der Waals surface area contributed by atoms with E-state index in [1.807, 2.05) is 0 Å². The van der Waals surface area contributed by atoms with Gasteiger partial charge in [-0.25, -0.2) is 0 Å².